The summed E-state index contributed by atoms with van der Waals surface area (Å²) in [5, 5.41) is 0.746. The van der Waals surface area contributed by atoms with Crippen LogP contribution in [0.3, 0.4) is 0 Å². The Balaban J connectivity index is 1.58. The highest BCUT2D eigenvalue weighted by atomic mass is 32.2. The average molecular weight is 515 g/mol. The lowest BCUT2D eigenvalue weighted by molar-refractivity contribution is -0.116. The van der Waals surface area contributed by atoms with E-state index in [4.69, 9.17) is 4.98 Å². The molecule has 188 valence electrons. The second-order valence-electron chi connectivity index (χ2n) is 9.04. The van der Waals surface area contributed by atoms with Crippen molar-refractivity contribution < 1.29 is 13.2 Å². The van der Waals surface area contributed by atoms with Crippen molar-refractivity contribution >= 4 is 44.4 Å². The molecule has 0 fully saturated rings. The van der Waals surface area contributed by atoms with E-state index < -0.39 is 10.0 Å². The van der Waals surface area contributed by atoms with Crippen molar-refractivity contribution in [2.45, 2.75) is 75.5 Å². The zero-order valence-corrected chi connectivity index (χ0v) is 22.3. The number of aromatic nitrogens is 2. The van der Waals surface area contributed by atoms with Crippen molar-refractivity contribution in [3.63, 3.8) is 0 Å². The maximum atomic E-state index is 13.2. The number of fused-ring (bicyclic) bond motifs is 2. The first-order chi connectivity index (χ1) is 16.9. The minimum Gasteiger partial charge on any atom is -0.319 e. The molecule has 9 heteroatoms. The number of hydrogen-bond donors (Lipinski definition) is 1. The number of hydrogen-bond acceptors (Lipinski definition) is 5. The summed E-state index contributed by atoms with van der Waals surface area (Å²) >= 11 is 1.42. The molecule has 35 heavy (non-hydrogen) atoms. The van der Waals surface area contributed by atoms with Crippen molar-refractivity contribution in [1.29, 1.82) is 0 Å². The number of carbonyl (C=O) groups excluding carboxylic acids is 1. The van der Waals surface area contributed by atoms with E-state index >= 15 is 0 Å². The number of nitrogens with zero attached hydrogens (tertiary/aromatic N) is 3. The van der Waals surface area contributed by atoms with Crippen LogP contribution in [-0.4, -0.2) is 42.2 Å². The van der Waals surface area contributed by atoms with Gasteiger partial charge < -0.3 is 9.47 Å². The van der Waals surface area contributed by atoms with E-state index in [0.29, 0.717) is 6.54 Å². The number of imidazole rings is 1. The monoisotopic (exact) mass is 514 g/mol. The Hall–Kier alpha value is -2.36. The normalized spacial score (nSPS) is 15.6. The summed E-state index contributed by atoms with van der Waals surface area (Å²) in [5.41, 5.74) is 3.72. The Labute approximate surface area is 212 Å². The first-order valence-electron chi connectivity index (χ1n) is 12.4. The van der Waals surface area contributed by atoms with Gasteiger partial charge >= 0.3 is 0 Å². The van der Waals surface area contributed by atoms with Crippen molar-refractivity contribution in [2.24, 2.45) is 0 Å². The molecule has 3 aromatic rings. The fraction of sp³-hybridized carbons (Fsp3) is 0.462. The molecule has 0 unspecified atom stereocenters. The lowest BCUT2D eigenvalue weighted by atomic mass is 10.1. The summed E-state index contributed by atoms with van der Waals surface area (Å²) in [6, 6.07) is 13.3. The number of benzene rings is 2. The maximum absolute atomic E-state index is 13.2. The zero-order chi connectivity index (χ0) is 25.0. The molecule has 1 aliphatic heterocycles. The van der Waals surface area contributed by atoms with Crippen LogP contribution in [0, 0.1) is 0 Å². The first kappa shape index (κ1) is 25.7. The van der Waals surface area contributed by atoms with Gasteiger partial charge in [-0.25, -0.2) is 18.1 Å². The summed E-state index contributed by atoms with van der Waals surface area (Å²) in [7, 11) is -3.58. The molecular formula is C26H34N4O3S2. The number of unbranched alkanes of at least 4 members (excludes halogenated alkanes) is 2. The van der Waals surface area contributed by atoms with Gasteiger partial charge in [-0.15, -0.1) is 0 Å². The summed E-state index contributed by atoms with van der Waals surface area (Å²) < 4.78 is 30.3. The topological polar surface area (TPSA) is 84.3 Å². The predicted molar refractivity (Wildman–Crippen MR) is 143 cm³/mol. The van der Waals surface area contributed by atoms with E-state index in [-0.39, 0.29) is 22.6 Å². The third kappa shape index (κ3) is 5.57. The van der Waals surface area contributed by atoms with Gasteiger partial charge in [0, 0.05) is 24.8 Å². The molecule has 1 atom stereocenters. The minimum absolute atomic E-state index is 0.0601. The van der Waals surface area contributed by atoms with Crippen molar-refractivity contribution in [3.8, 4) is 0 Å². The average Bonchev–Trinajstić information content (AvgIpc) is 3.37. The van der Waals surface area contributed by atoms with Crippen LogP contribution in [0.4, 0.5) is 5.69 Å². The summed E-state index contributed by atoms with van der Waals surface area (Å²) in [6.07, 6.45) is 4.53. The Bertz CT molecular complexity index is 1300. The highest BCUT2D eigenvalue weighted by molar-refractivity contribution is 7.99. The van der Waals surface area contributed by atoms with E-state index in [0.717, 1.165) is 60.5 Å². The second-order valence-corrected chi connectivity index (χ2v) is 11.7. The molecule has 1 aromatic heterocycles. The lowest BCUT2D eigenvalue weighted by Gasteiger charge is -2.22. The van der Waals surface area contributed by atoms with Crippen LogP contribution in [0.2, 0.25) is 0 Å². The molecule has 0 saturated heterocycles. The molecule has 0 saturated carbocycles. The number of sulfonamides is 1. The van der Waals surface area contributed by atoms with E-state index in [2.05, 4.69) is 29.2 Å². The number of thioether (sulfide) groups is 1. The number of nitrogens with one attached hydrogen (secondary N) is 1. The minimum atomic E-state index is -3.58. The van der Waals surface area contributed by atoms with Crippen molar-refractivity contribution in [2.75, 3.05) is 17.2 Å². The Morgan fingerprint density at radius 1 is 1.14 bits per heavy atom. The number of rotatable bonds is 11. The SMILES string of the molecule is CCCCNS(=O)(=O)c1ccc2nc(SCC(=O)N3c4ccccc4C[C@@H]3C)n(CCCC)c2c1. The number of para-hydroxylation sites is 1. The van der Waals surface area contributed by atoms with Gasteiger partial charge in [-0.1, -0.05) is 56.7 Å². The second kappa shape index (κ2) is 11.1. The fourth-order valence-corrected chi connectivity index (χ4v) is 6.49. The van der Waals surface area contributed by atoms with Gasteiger partial charge in [-0.05, 0) is 56.0 Å². The number of anilines is 1. The van der Waals surface area contributed by atoms with Crippen LogP contribution in [0.25, 0.3) is 11.0 Å². The third-order valence-corrected chi connectivity index (χ3v) is 8.77. The smallest absolute Gasteiger partial charge is 0.240 e. The van der Waals surface area contributed by atoms with Gasteiger partial charge in [0.1, 0.15) is 0 Å². The van der Waals surface area contributed by atoms with E-state index in [9.17, 15) is 13.2 Å². The lowest BCUT2D eigenvalue weighted by Crippen LogP contribution is -2.37. The zero-order valence-electron chi connectivity index (χ0n) is 20.7. The quantitative estimate of drug-likeness (QED) is 0.288. The number of amides is 1. The Morgan fingerprint density at radius 2 is 1.91 bits per heavy atom. The third-order valence-electron chi connectivity index (χ3n) is 6.35. The maximum Gasteiger partial charge on any atom is 0.240 e. The molecule has 0 spiro atoms. The van der Waals surface area contributed by atoms with E-state index in [1.165, 1.54) is 17.3 Å². The molecular weight excluding hydrogens is 480 g/mol. The van der Waals surface area contributed by atoms with Crippen molar-refractivity contribution in [1.82, 2.24) is 14.3 Å². The Kier molecular flexibility index (Phi) is 8.19. The fourth-order valence-electron chi connectivity index (χ4n) is 4.50. The molecule has 1 aliphatic rings. The molecule has 0 radical (unpaired) electrons. The largest absolute Gasteiger partial charge is 0.319 e. The molecule has 1 N–H and O–H groups in total. The first-order valence-corrected chi connectivity index (χ1v) is 14.8. The van der Waals surface area contributed by atoms with Crippen LogP contribution >= 0.6 is 11.8 Å². The van der Waals surface area contributed by atoms with Crippen LogP contribution in [-0.2, 0) is 27.8 Å². The van der Waals surface area contributed by atoms with E-state index in [1.54, 1.807) is 18.2 Å². The molecule has 7 nitrogen and oxygen atoms in total. The van der Waals surface area contributed by atoms with Crippen LogP contribution < -0.4 is 9.62 Å². The molecule has 2 heterocycles. The predicted octanol–water partition coefficient (Wildman–Crippen LogP) is 4.98. The van der Waals surface area contributed by atoms with E-state index in [1.807, 2.05) is 30.0 Å². The van der Waals surface area contributed by atoms with Gasteiger partial charge in [-0.3, -0.25) is 4.79 Å². The summed E-state index contributed by atoms with van der Waals surface area (Å²) in [6.45, 7) is 7.37. The molecule has 0 bridgehead atoms. The molecule has 2 aromatic carbocycles. The van der Waals surface area contributed by atoms with Gasteiger partial charge in [0.05, 0.1) is 21.7 Å². The molecule has 4 rings (SSSR count). The van der Waals surface area contributed by atoms with Gasteiger partial charge in [0.2, 0.25) is 15.9 Å². The van der Waals surface area contributed by atoms with Crippen molar-refractivity contribution in [3.05, 3.63) is 48.0 Å². The number of carbonyl (C=O) groups is 1. The summed E-state index contributed by atoms with van der Waals surface area (Å²) in [4.78, 5) is 20.1. The number of aryl methyl sites for hydroxylation is 1. The molecule has 1 amide bonds. The van der Waals surface area contributed by atoms with Crippen LogP contribution in [0.5, 0.6) is 0 Å². The van der Waals surface area contributed by atoms with Gasteiger partial charge in [-0.2, -0.15) is 0 Å². The highest BCUT2D eigenvalue weighted by Gasteiger charge is 2.30. The van der Waals surface area contributed by atoms with Gasteiger partial charge in [0.15, 0.2) is 5.16 Å². The molecule has 0 aliphatic carbocycles. The standard InChI is InChI=1S/C26H34N4O3S2/c1-4-6-14-27-35(32,33)21-12-13-22-24(17-21)29(15-7-5-2)26(28-22)34-18-25(31)30-19(3)16-20-10-8-9-11-23(20)30/h8-13,17,19,27H,4-7,14-16,18H2,1-3H3/t19-/m0/s1. The summed E-state index contributed by atoms with van der Waals surface area (Å²) in [5.74, 6) is 0.336. The van der Waals surface area contributed by atoms with Crippen LogP contribution in [0.1, 0.15) is 52.0 Å². The van der Waals surface area contributed by atoms with Gasteiger partial charge in [0.25, 0.3) is 0 Å². The highest BCUT2D eigenvalue weighted by Crippen LogP contribution is 2.33. The van der Waals surface area contributed by atoms with Crippen LogP contribution in [0.15, 0.2) is 52.5 Å². The Morgan fingerprint density at radius 3 is 2.69 bits per heavy atom.